The van der Waals surface area contributed by atoms with Gasteiger partial charge in [0.1, 0.15) is 16.3 Å². The summed E-state index contributed by atoms with van der Waals surface area (Å²) in [6.07, 6.45) is 1.79. The zero-order valence-electron chi connectivity index (χ0n) is 14.9. The first-order valence-electron chi connectivity index (χ1n) is 8.36. The van der Waals surface area contributed by atoms with E-state index in [1.54, 1.807) is 18.2 Å². The van der Waals surface area contributed by atoms with Gasteiger partial charge in [-0.25, -0.2) is 22.5 Å². The Balaban J connectivity index is 1.55. The molecule has 0 saturated heterocycles. The highest BCUT2D eigenvalue weighted by Gasteiger charge is 2.17. The molecule has 0 aliphatic rings. The fourth-order valence-corrected chi connectivity index (χ4v) is 4.71. The molecule has 2 heterocycles. The molecule has 28 heavy (non-hydrogen) atoms. The SMILES string of the molecule is CC(=O)NCc1ccc(S(=O)(=O)NCCc2coc(-c3ccc(F)cc3)n2)s1. The van der Waals surface area contributed by atoms with Crippen molar-refractivity contribution in [3.05, 3.63) is 59.0 Å². The van der Waals surface area contributed by atoms with Crippen molar-refractivity contribution in [2.45, 2.75) is 24.1 Å². The number of nitrogens with zero attached hydrogens (tertiary/aromatic N) is 1. The highest BCUT2D eigenvalue weighted by Crippen LogP contribution is 2.22. The minimum Gasteiger partial charge on any atom is -0.444 e. The predicted octanol–water partition coefficient (Wildman–Crippen LogP) is 2.70. The van der Waals surface area contributed by atoms with Gasteiger partial charge in [0.05, 0.1) is 12.2 Å². The quantitative estimate of drug-likeness (QED) is 0.580. The summed E-state index contributed by atoms with van der Waals surface area (Å²) in [5.41, 5.74) is 1.22. The van der Waals surface area contributed by atoms with Gasteiger partial charge >= 0.3 is 0 Å². The first-order chi connectivity index (χ1) is 13.3. The Kier molecular flexibility index (Phi) is 6.22. The van der Waals surface area contributed by atoms with Gasteiger partial charge in [-0.05, 0) is 36.4 Å². The zero-order chi connectivity index (χ0) is 20.1. The molecule has 10 heteroatoms. The Morgan fingerprint density at radius 3 is 2.68 bits per heavy atom. The number of carbonyl (C=O) groups excluding carboxylic acids is 1. The molecular formula is C18H18FN3O4S2. The van der Waals surface area contributed by atoms with Crippen molar-refractivity contribution in [1.29, 1.82) is 0 Å². The normalized spacial score (nSPS) is 11.5. The van der Waals surface area contributed by atoms with E-state index in [-0.39, 0.29) is 22.5 Å². The van der Waals surface area contributed by atoms with Crippen molar-refractivity contribution in [3.8, 4) is 11.5 Å². The van der Waals surface area contributed by atoms with E-state index in [2.05, 4.69) is 15.0 Å². The van der Waals surface area contributed by atoms with Gasteiger partial charge in [0.2, 0.25) is 21.8 Å². The van der Waals surface area contributed by atoms with Crippen molar-refractivity contribution < 1.29 is 22.0 Å². The molecule has 0 bridgehead atoms. The lowest BCUT2D eigenvalue weighted by molar-refractivity contribution is -0.119. The summed E-state index contributed by atoms with van der Waals surface area (Å²) in [4.78, 5) is 16.0. The molecule has 0 aliphatic heterocycles. The molecule has 0 aliphatic carbocycles. The Morgan fingerprint density at radius 2 is 1.96 bits per heavy atom. The monoisotopic (exact) mass is 423 g/mol. The highest BCUT2D eigenvalue weighted by molar-refractivity contribution is 7.91. The number of rotatable bonds is 8. The van der Waals surface area contributed by atoms with E-state index in [1.807, 2.05) is 0 Å². The molecule has 0 fully saturated rings. The second kappa shape index (κ2) is 8.63. The summed E-state index contributed by atoms with van der Waals surface area (Å²) in [6, 6.07) is 8.92. The summed E-state index contributed by atoms with van der Waals surface area (Å²) >= 11 is 1.10. The lowest BCUT2D eigenvalue weighted by Crippen LogP contribution is -2.25. The van der Waals surface area contributed by atoms with Crippen LogP contribution in [0.5, 0.6) is 0 Å². The van der Waals surface area contributed by atoms with E-state index < -0.39 is 10.0 Å². The zero-order valence-corrected chi connectivity index (χ0v) is 16.6. The van der Waals surface area contributed by atoms with Crippen LogP contribution in [-0.2, 0) is 27.8 Å². The van der Waals surface area contributed by atoms with Crippen LogP contribution in [0.4, 0.5) is 4.39 Å². The first-order valence-corrected chi connectivity index (χ1v) is 10.7. The second-order valence-electron chi connectivity index (χ2n) is 5.93. The van der Waals surface area contributed by atoms with Crippen LogP contribution in [0.3, 0.4) is 0 Å². The van der Waals surface area contributed by atoms with Crippen LogP contribution in [0, 0.1) is 5.82 Å². The van der Waals surface area contributed by atoms with Crippen LogP contribution in [0.2, 0.25) is 0 Å². The molecule has 3 rings (SSSR count). The number of hydrogen-bond donors (Lipinski definition) is 2. The summed E-state index contributed by atoms with van der Waals surface area (Å²) in [7, 11) is -3.64. The van der Waals surface area contributed by atoms with Crippen molar-refractivity contribution in [1.82, 2.24) is 15.0 Å². The Labute approximate surface area is 165 Å². The van der Waals surface area contributed by atoms with Gasteiger partial charge < -0.3 is 9.73 Å². The van der Waals surface area contributed by atoms with Crippen LogP contribution in [0.15, 0.2) is 51.3 Å². The molecular weight excluding hydrogens is 405 g/mol. The fraction of sp³-hybridized carbons (Fsp3) is 0.222. The third-order valence-corrected chi connectivity index (χ3v) is 6.77. The minimum absolute atomic E-state index is 0.149. The number of thiophene rings is 1. The number of hydrogen-bond acceptors (Lipinski definition) is 6. The van der Waals surface area contributed by atoms with Crippen molar-refractivity contribution in [2.24, 2.45) is 0 Å². The summed E-state index contributed by atoms with van der Waals surface area (Å²) in [5.74, 6) is -0.180. The molecule has 0 radical (unpaired) electrons. The molecule has 0 atom stereocenters. The molecule has 1 amide bonds. The standard InChI is InChI=1S/C18H18FN3O4S2/c1-12(23)20-10-16-6-7-17(27-16)28(24,25)21-9-8-15-11-26-18(22-15)13-2-4-14(19)5-3-13/h2-7,11,21H,8-10H2,1H3,(H,20,23). The maximum atomic E-state index is 13.0. The molecule has 148 valence electrons. The third-order valence-electron chi connectivity index (χ3n) is 3.73. The van der Waals surface area contributed by atoms with Crippen molar-refractivity contribution >= 4 is 27.3 Å². The van der Waals surface area contributed by atoms with Crippen molar-refractivity contribution in [2.75, 3.05) is 6.54 Å². The Hall–Kier alpha value is -2.56. The average molecular weight is 423 g/mol. The topological polar surface area (TPSA) is 101 Å². The van der Waals surface area contributed by atoms with Crippen LogP contribution in [-0.4, -0.2) is 25.9 Å². The number of sulfonamides is 1. The van der Waals surface area contributed by atoms with Gasteiger partial charge in [0.15, 0.2) is 0 Å². The predicted molar refractivity (Wildman–Crippen MR) is 103 cm³/mol. The van der Waals surface area contributed by atoms with Gasteiger partial charge in [-0.1, -0.05) is 0 Å². The molecule has 7 nitrogen and oxygen atoms in total. The lowest BCUT2D eigenvalue weighted by Gasteiger charge is -2.03. The van der Waals surface area contributed by atoms with E-state index in [0.29, 0.717) is 30.1 Å². The molecule has 2 N–H and O–H groups in total. The summed E-state index contributed by atoms with van der Waals surface area (Å²) in [6.45, 7) is 1.84. The number of halogens is 1. The summed E-state index contributed by atoms with van der Waals surface area (Å²) in [5, 5.41) is 2.63. The van der Waals surface area contributed by atoms with Crippen molar-refractivity contribution in [3.63, 3.8) is 0 Å². The molecule has 0 spiro atoms. The van der Waals surface area contributed by atoms with Gasteiger partial charge in [-0.3, -0.25) is 4.79 Å². The van der Waals surface area contributed by atoms with Crippen LogP contribution >= 0.6 is 11.3 Å². The van der Waals surface area contributed by atoms with Crippen LogP contribution in [0.25, 0.3) is 11.5 Å². The largest absolute Gasteiger partial charge is 0.444 e. The molecule has 1 aromatic carbocycles. The van der Waals surface area contributed by atoms with Crippen LogP contribution < -0.4 is 10.0 Å². The molecule has 0 saturated carbocycles. The lowest BCUT2D eigenvalue weighted by atomic mass is 10.2. The van der Waals surface area contributed by atoms with Gasteiger partial charge in [-0.2, -0.15) is 0 Å². The summed E-state index contributed by atoms with van der Waals surface area (Å²) < 4.78 is 45.8. The van der Waals surface area contributed by atoms with Crippen LogP contribution in [0.1, 0.15) is 17.5 Å². The van der Waals surface area contributed by atoms with E-state index in [4.69, 9.17) is 4.42 Å². The maximum absolute atomic E-state index is 13.0. The van der Waals surface area contributed by atoms with E-state index in [1.165, 1.54) is 31.4 Å². The second-order valence-corrected chi connectivity index (χ2v) is 9.09. The van der Waals surface area contributed by atoms with E-state index in [0.717, 1.165) is 16.2 Å². The van der Waals surface area contributed by atoms with Gasteiger partial charge in [0.25, 0.3) is 0 Å². The number of amides is 1. The average Bonchev–Trinajstić information content (AvgIpc) is 3.30. The number of carbonyl (C=O) groups is 1. The Bertz CT molecular complexity index is 1060. The van der Waals surface area contributed by atoms with Gasteiger partial charge in [-0.15, -0.1) is 11.3 Å². The fourth-order valence-electron chi connectivity index (χ4n) is 2.34. The van der Waals surface area contributed by atoms with Gasteiger partial charge in [0, 0.05) is 30.3 Å². The van der Waals surface area contributed by atoms with E-state index in [9.17, 15) is 17.6 Å². The number of benzene rings is 1. The maximum Gasteiger partial charge on any atom is 0.250 e. The first kappa shape index (κ1) is 20.2. The molecule has 2 aromatic heterocycles. The number of aromatic nitrogens is 1. The van der Waals surface area contributed by atoms with E-state index >= 15 is 0 Å². The Morgan fingerprint density at radius 1 is 1.21 bits per heavy atom. The molecule has 0 unspecified atom stereocenters. The minimum atomic E-state index is -3.64. The number of nitrogens with one attached hydrogen (secondary N) is 2. The third kappa shape index (κ3) is 5.24. The number of oxazole rings is 1. The molecule has 3 aromatic rings. The highest BCUT2D eigenvalue weighted by atomic mass is 32.2. The smallest absolute Gasteiger partial charge is 0.250 e.